The number of anilines is 1. The molecule has 38 heavy (non-hydrogen) atoms. The van der Waals surface area contributed by atoms with Gasteiger partial charge in [0.25, 0.3) is 0 Å². The lowest BCUT2D eigenvalue weighted by Crippen LogP contribution is -2.35. The van der Waals surface area contributed by atoms with Crippen LogP contribution < -0.4 is 4.31 Å². The number of rotatable bonds is 5. The molecule has 0 fully saturated rings. The number of carboxylic acids is 1. The molecule has 4 rings (SSSR count). The summed E-state index contributed by atoms with van der Waals surface area (Å²) in [6.45, 7) is 10.3. The Kier molecular flexibility index (Phi) is 6.91. The number of carboxylic acid groups (broad SMARTS) is 1. The van der Waals surface area contributed by atoms with Gasteiger partial charge in [0.1, 0.15) is 0 Å². The second-order valence-corrected chi connectivity index (χ2v) is 12.7. The van der Waals surface area contributed by atoms with Crippen LogP contribution in [0, 0.1) is 32.4 Å². The molecule has 0 bridgehead atoms. The first-order valence-electron chi connectivity index (χ1n) is 12.1. The summed E-state index contributed by atoms with van der Waals surface area (Å²) in [5, 5.41) is 10.3. The number of ether oxygens (including phenoxy) is 1. The second kappa shape index (κ2) is 9.47. The largest absolute Gasteiger partial charge is 0.479 e. The van der Waals surface area contributed by atoms with Gasteiger partial charge in [-0.05, 0) is 87.1 Å². The van der Waals surface area contributed by atoms with E-state index in [4.69, 9.17) is 4.74 Å². The predicted molar refractivity (Wildman–Crippen MR) is 144 cm³/mol. The van der Waals surface area contributed by atoms with Gasteiger partial charge in [0, 0.05) is 11.1 Å². The van der Waals surface area contributed by atoms with Gasteiger partial charge < -0.3 is 9.84 Å². The number of aliphatic carboxylic acids is 1. The third kappa shape index (κ3) is 4.92. The van der Waals surface area contributed by atoms with Crippen molar-refractivity contribution in [3.63, 3.8) is 0 Å². The molecule has 3 aromatic rings. The summed E-state index contributed by atoms with van der Waals surface area (Å²) in [4.78, 5) is 12.7. The van der Waals surface area contributed by atoms with Crippen molar-refractivity contribution in [3.8, 4) is 22.3 Å². The number of hydrogen-bond donors (Lipinski definition) is 1. The smallest absolute Gasteiger partial charge is 0.337 e. The quantitative estimate of drug-likeness (QED) is 0.400. The van der Waals surface area contributed by atoms with Crippen molar-refractivity contribution in [2.24, 2.45) is 0 Å². The third-order valence-electron chi connectivity index (χ3n) is 6.69. The van der Waals surface area contributed by atoms with Gasteiger partial charge >= 0.3 is 5.97 Å². The van der Waals surface area contributed by atoms with Crippen LogP contribution in [0.1, 0.15) is 54.7 Å². The molecular weight excluding hydrogens is 512 g/mol. The number of sulfonamides is 1. The Morgan fingerprint density at radius 1 is 1.00 bits per heavy atom. The maximum Gasteiger partial charge on any atom is 0.337 e. The second-order valence-electron chi connectivity index (χ2n) is 10.8. The minimum absolute atomic E-state index is 0.222. The first-order valence-corrected chi connectivity index (χ1v) is 14.0. The highest BCUT2D eigenvalue weighted by Crippen LogP contribution is 2.51. The van der Waals surface area contributed by atoms with E-state index in [9.17, 15) is 27.1 Å². The predicted octanol–water partition coefficient (Wildman–Crippen LogP) is 6.44. The van der Waals surface area contributed by atoms with Gasteiger partial charge in [-0.3, -0.25) is 4.31 Å². The van der Waals surface area contributed by atoms with Crippen LogP contribution in [0.25, 0.3) is 22.3 Å². The monoisotopic (exact) mass is 543 g/mol. The van der Waals surface area contributed by atoms with Crippen LogP contribution in [-0.2, 0) is 26.1 Å². The molecule has 1 aliphatic heterocycles. The fourth-order valence-corrected chi connectivity index (χ4v) is 6.06. The highest BCUT2D eigenvalue weighted by Gasteiger charge is 2.38. The third-order valence-corrected chi connectivity index (χ3v) is 7.80. The Labute approximate surface area is 221 Å². The maximum absolute atomic E-state index is 14.5. The topological polar surface area (TPSA) is 83.9 Å². The van der Waals surface area contributed by atoms with Crippen molar-refractivity contribution in [1.29, 1.82) is 0 Å². The molecule has 1 heterocycles. The van der Waals surface area contributed by atoms with Gasteiger partial charge in [-0.2, -0.15) is 0 Å². The Hall–Kier alpha value is -3.30. The van der Waals surface area contributed by atoms with E-state index in [1.165, 1.54) is 0 Å². The molecular formula is C29H31F2NO5S. The van der Waals surface area contributed by atoms with E-state index in [1.807, 2.05) is 31.2 Å². The van der Waals surface area contributed by atoms with E-state index >= 15 is 0 Å². The SMILES string of the molecule is Cc1ccc(-c2c(C)c3c(c(C)c2[C@H](OC(C)(C)C)C(=O)O)N(S(C)(=O)=O)Cc2cc(F)c(F)cc2-3)cc1. The summed E-state index contributed by atoms with van der Waals surface area (Å²) >= 11 is 0. The first kappa shape index (κ1) is 27.7. The normalized spacial score (nSPS) is 14.2. The lowest BCUT2D eigenvalue weighted by Gasteiger charge is -2.37. The average molecular weight is 544 g/mol. The number of fused-ring (bicyclic) bond motifs is 3. The number of aryl methyl sites for hydroxylation is 1. The van der Waals surface area contributed by atoms with Crippen LogP contribution in [0.4, 0.5) is 14.5 Å². The Morgan fingerprint density at radius 3 is 2.11 bits per heavy atom. The van der Waals surface area contributed by atoms with E-state index in [1.54, 1.807) is 34.6 Å². The van der Waals surface area contributed by atoms with Gasteiger partial charge in [-0.15, -0.1) is 0 Å². The molecule has 0 aromatic heterocycles. The summed E-state index contributed by atoms with van der Waals surface area (Å²) in [5.41, 5.74) is 3.94. The van der Waals surface area contributed by atoms with E-state index in [0.717, 1.165) is 28.3 Å². The lowest BCUT2D eigenvalue weighted by molar-refractivity contribution is -0.160. The summed E-state index contributed by atoms with van der Waals surface area (Å²) in [6.07, 6.45) is -0.396. The van der Waals surface area contributed by atoms with Gasteiger partial charge in [-0.1, -0.05) is 29.8 Å². The molecule has 6 nitrogen and oxygen atoms in total. The van der Waals surface area contributed by atoms with Crippen LogP contribution in [0.3, 0.4) is 0 Å². The van der Waals surface area contributed by atoms with Crippen LogP contribution in [0.5, 0.6) is 0 Å². The van der Waals surface area contributed by atoms with Crippen molar-refractivity contribution >= 4 is 21.7 Å². The van der Waals surface area contributed by atoms with Gasteiger partial charge in [-0.25, -0.2) is 22.0 Å². The molecule has 0 amide bonds. The molecule has 0 saturated heterocycles. The van der Waals surface area contributed by atoms with Crippen molar-refractivity contribution in [2.45, 2.75) is 59.8 Å². The van der Waals surface area contributed by atoms with Crippen molar-refractivity contribution in [2.75, 3.05) is 10.6 Å². The zero-order valence-corrected chi connectivity index (χ0v) is 23.3. The molecule has 202 valence electrons. The molecule has 0 aliphatic carbocycles. The molecule has 0 unspecified atom stereocenters. The zero-order chi connectivity index (χ0) is 28.3. The van der Waals surface area contributed by atoms with Crippen LogP contribution >= 0.6 is 0 Å². The van der Waals surface area contributed by atoms with E-state index in [-0.39, 0.29) is 12.2 Å². The summed E-state index contributed by atoms with van der Waals surface area (Å²) in [6, 6.07) is 9.58. The van der Waals surface area contributed by atoms with Gasteiger partial charge in [0.05, 0.1) is 24.1 Å². The number of nitrogens with zero attached hydrogens (tertiary/aromatic N) is 1. The van der Waals surface area contributed by atoms with Gasteiger partial charge in [0.15, 0.2) is 17.7 Å². The molecule has 0 spiro atoms. The standard InChI is InChI=1S/C29H31F2NO5S/c1-15-8-10-18(11-9-15)23-16(2)24-20-13-22(31)21(30)12-19(20)14-32(38(7,35)36)26(24)17(3)25(23)27(28(33)34)37-29(4,5)6/h8-13,27H,14H2,1-7H3,(H,33,34)/t27-/m0/s1. The van der Waals surface area contributed by atoms with Crippen LogP contribution in [-0.4, -0.2) is 31.4 Å². The molecule has 1 N–H and O–H groups in total. The highest BCUT2D eigenvalue weighted by atomic mass is 32.2. The Balaban J connectivity index is 2.23. The fourth-order valence-electron chi connectivity index (χ4n) is 5.12. The number of hydrogen-bond acceptors (Lipinski definition) is 4. The summed E-state index contributed by atoms with van der Waals surface area (Å²) in [5.74, 6) is -3.36. The molecule has 1 atom stereocenters. The van der Waals surface area contributed by atoms with Crippen molar-refractivity contribution in [1.82, 2.24) is 0 Å². The summed E-state index contributed by atoms with van der Waals surface area (Å²) in [7, 11) is -3.90. The van der Waals surface area contributed by atoms with Crippen molar-refractivity contribution < 1.29 is 31.8 Å². The van der Waals surface area contributed by atoms with Crippen molar-refractivity contribution in [3.05, 3.63) is 75.8 Å². The Bertz CT molecular complexity index is 1560. The minimum atomic E-state index is -3.90. The lowest BCUT2D eigenvalue weighted by atomic mass is 9.80. The van der Waals surface area contributed by atoms with E-state index in [0.29, 0.717) is 44.5 Å². The Morgan fingerprint density at radius 2 is 1.58 bits per heavy atom. The number of carbonyl (C=O) groups is 1. The highest BCUT2D eigenvalue weighted by molar-refractivity contribution is 7.92. The van der Waals surface area contributed by atoms with Gasteiger partial charge in [0.2, 0.25) is 10.0 Å². The van der Waals surface area contributed by atoms with Crippen LogP contribution in [0.15, 0.2) is 36.4 Å². The number of halogens is 2. The van der Waals surface area contributed by atoms with E-state index in [2.05, 4.69) is 0 Å². The number of benzene rings is 3. The molecule has 0 saturated carbocycles. The molecule has 0 radical (unpaired) electrons. The van der Waals surface area contributed by atoms with E-state index < -0.39 is 39.3 Å². The van der Waals surface area contributed by atoms with Crippen LogP contribution in [0.2, 0.25) is 0 Å². The minimum Gasteiger partial charge on any atom is -0.479 e. The molecule has 3 aromatic carbocycles. The molecule has 1 aliphatic rings. The average Bonchev–Trinajstić information content (AvgIpc) is 2.79. The zero-order valence-electron chi connectivity index (χ0n) is 22.4. The maximum atomic E-state index is 14.5. The molecule has 9 heteroatoms. The fraction of sp³-hybridized carbons (Fsp3) is 0.345. The summed E-state index contributed by atoms with van der Waals surface area (Å²) < 4.78 is 62.0. The first-order chi connectivity index (χ1) is 17.5.